The van der Waals surface area contributed by atoms with Crippen LogP contribution < -0.4 is 4.90 Å². The first kappa shape index (κ1) is 24.5. The standard InChI is InChI=1S/C20H24N4.C9H10O2/c1-3-16-6-8-17(9-7-16)18-10-13-23(14-11-18)19-5-4-12-24-20(19)21-15(2)22-24;1-2-7-3-5-8(6-4-7)9(10)11/h4-9,12,18H,3,10-11,13-14H2,1-2H3;3-6H,2H2,1H3,(H,10,11). The van der Waals surface area contributed by atoms with E-state index in [0.29, 0.717) is 11.5 Å². The molecule has 182 valence electrons. The van der Waals surface area contributed by atoms with E-state index in [1.54, 1.807) is 12.1 Å². The van der Waals surface area contributed by atoms with Crippen LogP contribution in [0, 0.1) is 6.92 Å². The van der Waals surface area contributed by atoms with Gasteiger partial charge in [0.15, 0.2) is 5.65 Å². The lowest BCUT2D eigenvalue weighted by Crippen LogP contribution is -2.33. The first-order valence-electron chi connectivity index (χ1n) is 12.5. The van der Waals surface area contributed by atoms with Gasteiger partial charge in [-0.2, -0.15) is 5.10 Å². The number of hydrogen-bond acceptors (Lipinski definition) is 4. The number of carboxylic acids is 1. The lowest BCUT2D eigenvalue weighted by atomic mass is 9.88. The van der Waals surface area contributed by atoms with Gasteiger partial charge < -0.3 is 10.0 Å². The quantitative estimate of drug-likeness (QED) is 0.391. The monoisotopic (exact) mass is 470 g/mol. The molecule has 2 aromatic heterocycles. The van der Waals surface area contributed by atoms with Crippen LogP contribution in [0.4, 0.5) is 5.69 Å². The molecule has 35 heavy (non-hydrogen) atoms. The summed E-state index contributed by atoms with van der Waals surface area (Å²) < 4.78 is 1.89. The normalized spacial score (nSPS) is 14.0. The van der Waals surface area contributed by atoms with Crippen molar-refractivity contribution in [1.29, 1.82) is 0 Å². The summed E-state index contributed by atoms with van der Waals surface area (Å²) in [4.78, 5) is 17.5. The number of carbonyl (C=O) groups is 1. The molecule has 3 heterocycles. The first-order chi connectivity index (χ1) is 17.0. The minimum atomic E-state index is -0.868. The van der Waals surface area contributed by atoms with Crippen LogP contribution in [0.5, 0.6) is 0 Å². The maximum absolute atomic E-state index is 10.4. The van der Waals surface area contributed by atoms with Crippen molar-refractivity contribution in [3.8, 4) is 0 Å². The highest BCUT2D eigenvalue weighted by Crippen LogP contribution is 2.32. The molecule has 0 atom stereocenters. The first-order valence-corrected chi connectivity index (χ1v) is 12.5. The second kappa shape index (κ2) is 11.2. The highest BCUT2D eigenvalue weighted by Gasteiger charge is 2.22. The SMILES string of the molecule is CCc1ccc(C(=O)O)cc1.CCc1ccc(C2CCN(c3cccn4nc(C)nc34)CC2)cc1. The van der Waals surface area contributed by atoms with Crippen molar-refractivity contribution >= 4 is 17.3 Å². The number of hydrogen-bond donors (Lipinski definition) is 1. The van der Waals surface area contributed by atoms with Crippen molar-refractivity contribution in [3.05, 3.63) is 94.9 Å². The van der Waals surface area contributed by atoms with Crippen LogP contribution >= 0.6 is 0 Å². The number of pyridine rings is 1. The van der Waals surface area contributed by atoms with Gasteiger partial charge in [-0.1, -0.05) is 50.2 Å². The Morgan fingerprint density at radius 1 is 0.943 bits per heavy atom. The van der Waals surface area contributed by atoms with Crippen LogP contribution in [0.1, 0.15) is 65.5 Å². The lowest BCUT2D eigenvalue weighted by Gasteiger charge is -2.33. The number of fused-ring (bicyclic) bond motifs is 1. The number of nitrogens with zero attached hydrogens (tertiary/aromatic N) is 4. The molecular formula is C29H34N4O2. The summed E-state index contributed by atoms with van der Waals surface area (Å²) in [6.45, 7) is 8.34. The Bertz CT molecular complexity index is 1250. The molecule has 1 saturated heterocycles. The van der Waals surface area contributed by atoms with E-state index in [0.717, 1.165) is 43.0 Å². The van der Waals surface area contributed by atoms with Gasteiger partial charge in [0, 0.05) is 19.3 Å². The van der Waals surface area contributed by atoms with Gasteiger partial charge in [0.1, 0.15) is 5.82 Å². The van der Waals surface area contributed by atoms with Crippen molar-refractivity contribution in [2.45, 2.75) is 52.4 Å². The molecule has 4 aromatic rings. The fourth-order valence-corrected chi connectivity index (χ4v) is 4.61. The van der Waals surface area contributed by atoms with Gasteiger partial charge in [0.05, 0.1) is 11.3 Å². The summed E-state index contributed by atoms with van der Waals surface area (Å²) in [6.07, 6.45) is 6.42. The Morgan fingerprint density at radius 3 is 2.11 bits per heavy atom. The van der Waals surface area contributed by atoms with E-state index < -0.39 is 5.97 Å². The minimum Gasteiger partial charge on any atom is -0.478 e. The van der Waals surface area contributed by atoms with Gasteiger partial charge in [-0.05, 0) is 79.5 Å². The van der Waals surface area contributed by atoms with Crippen LogP contribution in [-0.2, 0) is 12.8 Å². The van der Waals surface area contributed by atoms with Crippen molar-refractivity contribution < 1.29 is 9.90 Å². The third kappa shape index (κ3) is 5.88. The summed E-state index contributed by atoms with van der Waals surface area (Å²) in [6, 6.07) is 20.4. The second-order valence-electron chi connectivity index (χ2n) is 9.03. The molecule has 6 heteroatoms. The molecule has 1 N–H and O–H groups in total. The van der Waals surface area contributed by atoms with E-state index in [4.69, 9.17) is 5.11 Å². The Morgan fingerprint density at radius 2 is 1.54 bits per heavy atom. The topological polar surface area (TPSA) is 70.7 Å². The van der Waals surface area contributed by atoms with Crippen LogP contribution in [0.3, 0.4) is 0 Å². The van der Waals surface area contributed by atoms with Crippen LogP contribution in [0.25, 0.3) is 5.65 Å². The Labute approximate surface area is 207 Å². The molecule has 0 bridgehead atoms. The number of benzene rings is 2. The van der Waals surface area contributed by atoms with Gasteiger partial charge >= 0.3 is 5.97 Å². The van der Waals surface area contributed by atoms with E-state index in [2.05, 4.69) is 58.3 Å². The molecule has 0 aliphatic carbocycles. The number of rotatable bonds is 5. The van der Waals surface area contributed by atoms with Gasteiger partial charge in [0.2, 0.25) is 0 Å². The third-order valence-corrected chi connectivity index (χ3v) is 6.75. The van der Waals surface area contributed by atoms with Crippen molar-refractivity contribution in [2.24, 2.45) is 0 Å². The zero-order valence-electron chi connectivity index (χ0n) is 20.8. The molecular weight excluding hydrogens is 436 g/mol. The van der Waals surface area contributed by atoms with Gasteiger partial charge in [-0.15, -0.1) is 0 Å². The maximum Gasteiger partial charge on any atom is 0.335 e. The smallest absolute Gasteiger partial charge is 0.335 e. The lowest BCUT2D eigenvalue weighted by molar-refractivity contribution is 0.0697. The molecule has 5 rings (SSSR count). The average molecular weight is 471 g/mol. The van der Waals surface area contributed by atoms with Crippen LogP contribution in [0.2, 0.25) is 0 Å². The number of aryl methyl sites for hydroxylation is 3. The predicted octanol–water partition coefficient (Wildman–Crippen LogP) is 5.93. The summed E-state index contributed by atoms with van der Waals surface area (Å²) in [5, 5.41) is 13.0. The van der Waals surface area contributed by atoms with E-state index in [9.17, 15) is 4.79 Å². The number of anilines is 1. The number of piperidine rings is 1. The average Bonchev–Trinajstić information content (AvgIpc) is 3.29. The Balaban J connectivity index is 0.000000221. The molecule has 2 aromatic carbocycles. The molecule has 6 nitrogen and oxygen atoms in total. The number of aromatic nitrogens is 3. The van der Waals surface area contributed by atoms with Crippen molar-refractivity contribution in [3.63, 3.8) is 0 Å². The van der Waals surface area contributed by atoms with Crippen LogP contribution in [-0.4, -0.2) is 38.8 Å². The molecule has 0 spiro atoms. The van der Waals surface area contributed by atoms with Gasteiger partial charge in [0.25, 0.3) is 0 Å². The Kier molecular flexibility index (Phi) is 7.80. The number of aromatic carboxylic acids is 1. The van der Waals surface area contributed by atoms with E-state index in [-0.39, 0.29) is 0 Å². The largest absolute Gasteiger partial charge is 0.478 e. The molecule has 1 aliphatic rings. The molecule has 0 radical (unpaired) electrons. The highest BCUT2D eigenvalue weighted by atomic mass is 16.4. The zero-order valence-corrected chi connectivity index (χ0v) is 20.8. The highest BCUT2D eigenvalue weighted by molar-refractivity contribution is 5.87. The predicted molar refractivity (Wildman–Crippen MR) is 141 cm³/mol. The molecule has 0 amide bonds. The molecule has 1 aliphatic heterocycles. The van der Waals surface area contributed by atoms with Crippen molar-refractivity contribution in [1.82, 2.24) is 14.6 Å². The second-order valence-corrected chi connectivity index (χ2v) is 9.03. The number of carboxylic acid groups (broad SMARTS) is 1. The minimum absolute atomic E-state index is 0.349. The summed E-state index contributed by atoms with van der Waals surface area (Å²) in [5.41, 5.74) is 6.60. The molecule has 1 fully saturated rings. The van der Waals surface area contributed by atoms with Crippen LogP contribution in [0.15, 0.2) is 66.9 Å². The molecule has 0 saturated carbocycles. The molecule has 0 unspecified atom stereocenters. The fourth-order valence-electron chi connectivity index (χ4n) is 4.61. The zero-order chi connectivity index (χ0) is 24.8. The third-order valence-electron chi connectivity index (χ3n) is 6.75. The summed E-state index contributed by atoms with van der Waals surface area (Å²) in [7, 11) is 0. The Hall–Kier alpha value is -3.67. The van der Waals surface area contributed by atoms with E-state index >= 15 is 0 Å². The summed E-state index contributed by atoms with van der Waals surface area (Å²) in [5.74, 6) is 0.632. The van der Waals surface area contributed by atoms with Gasteiger partial charge in [-0.3, -0.25) is 0 Å². The van der Waals surface area contributed by atoms with E-state index in [1.807, 2.05) is 36.7 Å². The van der Waals surface area contributed by atoms with Crippen molar-refractivity contribution in [2.75, 3.05) is 18.0 Å². The fraction of sp³-hybridized carbons (Fsp3) is 0.345. The maximum atomic E-state index is 10.4. The van der Waals surface area contributed by atoms with E-state index in [1.165, 1.54) is 29.7 Å². The van der Waals surface area contributed by atoms with Gasteiger partial charge in [-0.25, -0.2) is 14.3 Å². The summed E-state index contributed by atoms with van der Waals surface area (Å²) >= 11 is 0.